The molecule has 1 aromatic carbocycles. The van der Waals surface area contributed by atoms with Crippen LogP contribution in [-0.4, -0.2) is 20.9 Å². The zero-order valence-electron chi connectivity index (χ0n) is 9.30. The number of nitrogens with zero attached hydrogens (tertiary/aromatic N) is 1. The Morgan fingerprint density at radius 3 is 2.59 bits per heavy atom. The standard InChI is InChI=1S/C12H12N2O3/c1-8-2-4-9(5-3-8)7-14-10(12(16)17)6-11(15)13-14/h2-6H,7H2,1H3,(H,13,15)(H,16,17). The van der Waals surface area contributed by atoms with E-state index in [9.17, 15) is 9.59 Å². The number of carboxylic acids is 1. The summed E-state index contributed by atoms with van der Waals surface area (Å²) in [5.41, 5.74) is 1.63. The Balaban J connectivity index is 2.32. The first kappa shape index (κ1) is 11.2. The van der Waals surface area contributed by atoms with Gasteiger partial charge in [0.05, 0.1) is 6.54 Å². The first-order valence-corrected chi connectivity index (χ1v) is 5.15. The number of hydrogen-bond acceptors (Lipinski definition) is 2. The maximum Gasteiger partial charge on any atom is 0.354 e. The topological polar surface area (TPSA) is 75.1 Å². The quantitative estimate of drug-likeness (QED) is 0.835. The van der Waals surface area contributed by atoms with Gasteiger partial charge >= 0.3 is 5.97 Å². The number of rotatable bonds is 3. The molecule has 17 heavy (non-hydrogen) atoms. The summed E-state index contributed by atoms with van der Waals surface area (Å²) in [5.74, 6) is -1.12. The molecule has 2 rings (SSSR count). The maximum absolute atomic E-state index is 11.1. The molecule has 2 N–H and O–H groups in total. The van der Waals surface area contributed by atoms with Crippen LogP contribution in [0, 0.1) is 6.92 Å². The van der Waals surface area contributed by atoms with Crippen molar-refractivity contribution in [3.63, 3.8) is 0 Å². The molecule has 1 aromatic heterocycles. The minimum atomic E-state index is -1.12. The molecule has 0 saturated heterocycles. The molecule has 1 heterocycles. The lowest BCUT2D eigenvalue weighted by molar-refractivity contribution is 0.0684. The van der Waals surface area contributed by atoms with Crippen LogP contribution in [0.15, 0.2) is 35.1 Å². The monoisotopic (exact) mass is 232 g/mol. The van der Waals surface area contributed by atoms with Crippen molar-refractivity contribution in [1.29, 1.82) is 0 Å². The van der Waals surface area contributed by atoms with E-state index >= 15 is 0 Å². The average molecular weight is 232 g/mol. The lowest BCUT2D eigenvalue weighted by Gasteiger charge is -2.05. The third-order valence-corrected chi connectivity index (χ3v) is 2.48. The molecular formula is C12H12N2O3. The second-order valence-corrected chi connectivity index (χ2v) is 3.88. The normalized spacial score (nSPS) is 10.4. The van der Waals surface area contributed by atoms with Crippen molar-refractivity contribution in [3.05, 3.63) is 57.5 Å². The number of aromatic carboxylic acids is 1. The fraction of sp³-hybridized carbons (Fsp3) is 0.167. The Labute approximate surface area is 97.3 Å². The van der Waals surface area contributed by atoms with Gasteiger partial charge < -0.3 is 5.11 Å². The van der Waals surface area contributed by atoms with E-state index in [1.54, 1.807) is 0 Å². The van der Waals surface area contributed by atoms with Crippen LogP contribution >= 0.6 is 0 Å². The van der Waals surface area contributed by atoms with E-state index < -0.39 is 11.5 Å². The van der Waals surface area contributed by atoms with Gasteiger partial charge in [0, 0.05) is 6.07 Å². The third-order valence-electron chi connectivity index (χ3n) is 2.48. The molecule has 88 valence electrons. The minimum absolute atomic E-state index is 0.0319. The molecule has 2 aromatic rings. The van der Waals surface area contributed by atoms with Crippen molar-refractivity contribution in [2.75, 3.05) is 0 Å². The number of carboxylic acid groups (broad SMARTS) is 1. The van der Waals surface area contributed by atoms with Gasteiger partial charge in [0.2, 0.25) is 0 Å². The fourth-order valence-corrected chi connectivity index (χ4v) is 1.61. The van der Waals surface area contributed by atoms with E-state index in [1.807, 2.05) is 31.2 Å². The molecule has 0 unspecified atom stereocenters. The highest BCUT2D eigenvalue weighted by molar-refractivity contribution is 5.85. The molecule has 0 saturated carbocycles. The van der Waals surface area contributed by atoms with Gasteiger partial charge in [0.25, 0.3) is 5.56 Å². The molecular weight excluding hydrogens is 220 g/mol. The van der Waals surface area contributed by atoms with Crippen molar-refractivity contribution in [1.82, 2.24) is 9.78 Å². The predicted octanol–water partition coefficient (Wildman–Crippen LogP) is 1.23. The molecule has 0 aliphatic heterocycles. The van der Waals surface area contributed by atoms with Gasteiger partial charge in [0.15, 0.2) is 0 Å². The van der Waals surface area contributed by atoms with Gasteiger partial charge in [-0.1, -0.05) is 29.8 Å². The van der Waals surface area contributed by atoms with Crippen molar-refractivity contribution < 1.29 is 9.90 Å². The van der Waals surface area contributed by atoms with E-state index in [0.29, 0.717) is 6.54 Å². The average Bonchev–Trinajstić information content (AvgIpc) is 2.63. The molecule has 0 aliphatic carbocycles. The van der Waals surface area contributed by atoms with Crippen LogP contribution in [0.2, 0.25) is 0 Å². The van der Waals surface area contributed by atoms with Gasteiger partial charge in [-0.2, -0.15) is 0 Å². The molecule has 0 bridgehead atoms. The number of aryl methyl sites for hydroxylation is 1. The van der Waals surface area contributed by atoms with Crippen LogP contribution in [0.3, 0.4) is 0 Å². The Bertz CT molecular complexity index is 593. The van der Waals surface area contributed by atoms with Crippen molar-refractivity contribution >= 4 is 5.97 Å². The van der Waals surface area contributed by atoms with E-state index in [2.05, 4.69) is 5.10 Å². The number of hydrogen-bond donors (Lipinski definition) is 2. The second-order valence-electron chi connectivity index (χ2n) is 3.88. The largest absolute Gasteiger partial charge is 0.477 e. The highest BCUT2D eigenvalue weighted by atomic mass is 16.4. The van der Waals surface area contributed by atoms with Crippen molar-refractivity contribution in [3.8, 4) is 0 Å². The maximum atomic E-state index is 11.1. The summed E-state index contributed by atoms with van der Waals surface area (Å²) < 4.78 is 1.33. The summed E-state index contributed by atoms with van der Waals surface area (Å²) in [6.45, 7) is 2.31. The number of nitrogens with one attached hydrogen (secondary N) is 1. The van der Waals surface area contributed by atoms with Crippen molar-refractivity contribution in [2.45, 2.75) is 13.5 Å². The highest BCUT2D eigenvalue weighted by Crippen LogP contribution is 2.06. The lowest BCUT2D eigenvalue weighted by Crippen LogP contribution is -2.11. The van der Waals surface area contributed by atoms with Gasteiger partial charge in [-0.25, -0.2) is 4.79 Å². The first-order chi connectivity index (χ1) is 8.06. The molecule has 0 spiro atoms. The van der Waals surface area contributed by atoms with Crippen LogP contribution in [0.5, 0.6) is 0 Å². The Hall–Kier alpha value is -2.30. The zero-order chi connectivity index (χ0) is 12.4. The first-order valence-electron chi connectivity index (χ1n) is 5.15. The number of benzene rings is 1. The van der Waals surface area contributed by atoms with Gasteiger partial charge in [-0.15, -0.1) is 0 Å². The summed E-state index contributed by atoms with van der Waals surface area (Å²) in [5, 5.41) is 11.4. The summed E-state index contributed by atoms with van der Waals surface area (Å²) >= 11 is 0. The SMILES string of the molecule is Cc1ccc(Cn2[nH]c(=O)cc2C(=O)O)cc1. The van der Waals surface area contributed by atoms with Crippen LogP contribution in [0.25, 0.3) is 0 Å². The second kappa shape index (κ2) is 4.29. The molecule has 0 atom stereocenters. The summed E-state index contributed by atoms with van der Waals surface area (Å²) in [4.78, 5) is 22.0. The molecule has 0 fully saturated rings. The summed E-state index contributed by atoms with van der Waals surface area (Å²) in [7, 11) is 0. The van der Waals surface area contributed by atoms with Crippen LogP contribution in [-0.2, 0) is 6.54 Å². The highest BCUT2D eigenvalue weighted by Gasteiger charge is 2.11. The molecule has 0 aliphatic rings. The molecule has 0 amide bonds. The smallest absolute Gasteiger partial charge is 0.354 e. The van der Waals surface area contributed by atoms with Crippen LogP contribution < -0.4 is 5.56 Å². The van der Waals surface area contributed by atoms with E-state index in [4.69, 9.17) is 5.11 Å². The summed E-state index contributed by atoms with van der Waals surface area (Å²) in [6, 6.07) is 8.77. The number of carbonyl (C=O) groups is 1. The van der Waals surface area contributed by atoms with Gasteiger partial charge in [0.1, 0.15) is 5.69 Å². The predicted molar refractivity (Wildman–Crippen MR) is 62.3 cm³/mol. The molecule has 5 nitrogen and oxygen atoms in total. The lowest BCUT2D eigenvalue weighted by atomic mass is 10.1. The minimum Gasteiger partial charge on any atom is -0.477 e. The van der Waals surface area contributed by atoms with Crippen molar-refractivity contribution in [2.24, 2.45) is 0 Å². The fourth-order valence-electron chi connectivity index (χ4n) is 1.61. The van der Waals surface area contributed by atoms with E-state index in [1.165, 1.54) is 4.68 Å². The Morgan fingerprint density at radius 1 is 1.35 bits per heavy atom. The number of aromatic amines is 1. The Morgan fingerprint density at radius 2 is 2.00 bits per heavy atom. The third kappa shape index (κ3) is 2.44. The Kier molecular flexibility index (Phi) is 2.82. The number of aromatic nitrogens is 2. The molecule has 5 heteroatoms. The zero-order valence-corrected chi connectivity index (χ0v) is 9.30. The van der Waals surface area contributed by atoms with Crippen LogP contribution in [0.4, 0.5) is 0 Å². The summed E-state index contributed by atoms with van der Waals surface area (Å²) in [6.07, 6.45) is 0. The molecule has 0 radical (unpaired) electrons. The van der Waals surface area contributed by atoms with E-state index in [-0.39, 0.29) is 5.69 Å². The number of H-pyrrole nitrogens is 1. The van der Waals surface area contributed by atoms with Gasteiger partial charge in [-0.05, 0) is 12.5 Å². The van der Waals surface area contributed by atoms with E-state index in [0.717, 1.165) is 17.2 Å². The van der Waals surface area contributed by atoms with Gasteiger partial charge in [-0.3, -0.25) is 14.6 Å². The van der Waals surface area contributed by atoms with Crippen LogP contribution in [0.1, 0.15) is 21.6 Å².